The van der Waals surface area contributed by atoms with Crippen molar-refractivity contribution in [3.8, 4) is 0 Å². The summed E-state index contributed by atoms with van der Waals surface area (Å²) in [4.78, 5) is 24.2. The molecule has 5 nitrogen and oxygen atoms in total. The van der Waals surface area contributed by atoms with Gasteiger partial charge in [0.05, 0.1) is 19.4 Å². The van der Waals surface area contributed by atoms with Crippen LogP contribution in [0.1, 0.15) is 47.0 Å². The third kappa shape index (κ3) is 7.27. The van der Waals surface area contributed by atoms with Crippen LogP contribution in [0.3, 0.4) is 0 Å². The number of hydrogen-bond acceptors (Lipinski definition) is 3. The van der Waals surface area contributed by atoms with Crippen LogP contribution >= 0.6 is 0 Å². The Balaban J connectivity index is 4.28. The average molecular weight is 259 g/mol. The van der Waals surface area contributed by atoms with Crippen molar-refractivity contribution < 1.29 is 19.4 Å². The zero-order valence-corrected chi connectivity index (χ0v) is 11.9. The summed E-state index contributed by atoms with van der Waals surface area (Å²) in [7, 11) is 0. The maximum atomic E-state index is 12.0. The minimum absolute atomic E-state index is 0.0289. The van der Waals surface area contributed by atoms with Gasteiger partial charge in [-0.1, -0.05) is 6.92 Å². The first-order valence-corrected chi connectivity index (χ1v) is 6.39. The van der Waals surface area contributed by atoms with Crippen LogP contribution in [0.4, 0.5) is 0 Å². The summed E-state index contributed by atoms with van der Waals surface area (Å²) in [5.74, 6) is -0.945. The highest BCUT2D eigenvalue weighted by Gasteiger charge is 2.26. The van der Waals surface area contributed by atoms with Crippen molar-refractivity contribution in [3.05, 3.63) is 0 Å². The molecule has 0 aromatic carbocycles. The van der Waals surface area contributed by atoms with Crippen molar-refractivity contribution in [2.45, 2.75) is 52.5 Å². The minimum Gasteiger partial charge on any atom is -0.481 e. The van der Waals surface area contributed by atoms with E-state index in [1.165, 1.54) is 0 Å². The number of carbonyl (C=O) groups excluding carboxylic acids is 1. The van der Waals surface area contributed by atoms with E-state index in [9.17, 15) is 9.59 Å². The number of carboxylic acids is 1. The summed E-state index contributed by atoms with van der Waals surface area (Å²) in [6.45, 7) is 9.00. The van der Waals surface area contributed by atoms with E-state index >= 15 is 0 Å². The molecule has 0 aliphatic carbocycles. The van der Waals surface area contributed by atoms with Crippen LogP contribution < -0.4 is 0 Å². The number of nitrogens with zero attached hydrogens (tertiary/aromatic N) is 1. The van der Waals surface area contributed by atoms with Crippen LogP contribution in [-0.2, 0) is 14.3 Å². The zero-order valence-electron chi connectivity index (χ0n) is 11.9. The Morgan fingerprint density at radius 1 is 1.17 bits per heavy atom. The van der Waals surface area contributed by atoms with Crippen LogP contribution in [-0.4, -0.2) is 47.2 Å². The predicted molar refractivity (Wildman–Crippen MR) is 69.4 cm³/mol. The third-order valence-electron chi connectivity index (χ3n) is 2.47. The van der Waals surface area contributed by atoms with Gasteiger partial charge in [0.2, 0.25) is 5.91 Å². The summed E-state index contributed by atoms with van der Waals surface area (Å²) >= 11 is 0. The van der Waals surface area contributed by atoms with E-state index in [2.05, 4.69) is 0 Å². The number of carboxylic acid groups (broad SMARTS) is 1. The normalized spacial score (nSPS) is 11.3. The summed E-state index contributed by atoms with van der Waals surface area (Å²) < 4.78 is 5.28. The van der Waals surface area contributed by atoms with E-state index < -0.39 is 5.97 Å². The fourth-order valence-corrected chi connectivity index (χ4v) is 1.58. The summed E-state index contributed by atoms with van der Waals surface area (Å²) in [5, 5.41) is 8.69. The van der Waals surface area contributed by atoms with Gasteiger partial charge in [-0.25, -0.2) is 0 Å². The molecule has 0 radical (unpaired) electrons. The number of rotatable bonds is 8. The SMILES string of the molecule is CCCOCCC(=O)N(CCC(=O)O)C(C)(C)C. The number of aliphatic carboxylic acids is 1. The predicted octanol–water partition coefficient (Wildman–Crippen LogP) is 1.90. The molecule has 0 fully saturated rings. The first-order valence-electron chi connectivity index (χ1n) is 6.39. The van der Waals surface area contributed by atoms with Gasteiger partial charge >= 0.3 is 5.97 Å². The Morgan fingerprint density at radius 3 is 2.22 bits per heavy atom. The molecule has 18 heavy (non-hydrogen) atoms. The van der Waals surface area contributed by atoms with E-state index in [0.717, 1.165) is 6.42 Å². The molecule has 5 heteroatoms. The third-order valence-corrected chi connectivity index (χ3v) is 2.47. The fourth-order valence-electron chi connectivity index (χ4n) is 1.58. The van der Waals surface area contributed by atoms with Crippen LogP contribution in [0.15, 0.2) is 0 Å². The second-order valence-electron chi connectivity index (χ2n) is 5.22. The Kier molecular flexibility index (Phi) is 7.59. The molecular formula is C13H25NO4. The molecule has 0 aliphatic rings. The highest BCUT2D eigenvalue weighted by atomic mass is 16.5. The molecule has 0 atom stereocenters. The standard InChI is InChI=1S/C13H25NO4/c1-5-9-18-10-7-11(15)14(13(2,3)4)8-6-12(16)17/h5-10H2,1-4H3,(H,16,17). The molecule has 0 heterocycles. The number of carbonyl (C=O) groups is 2. The van der Waals surface area contributed by atoms with Gasteiger partial charge in [-0.15, -0.1) is 0 Å². The molecular weight excluding hydrogens is 234 g/mol. The second-order valence-corrected chi connectivity index (χ2v) is 5.22. The Hall–Kier alpha value is -1.10. The van der Waals surface area contributed by atoms with E-state index in [0.29, 0.717) is 19.6 Å². The van der Waals surface area contributed by atoms with Gasteiger partial charge in [0, 0.05) is 18.7 Å². The Bertz CT molecular complexity index is 271. The largest absolute Gasteiger partial charge is 0.481 e. The smallest absolute Gasteiger partial charge is 0.305 e. The molecule has 0 aromatic rings. The maximum absolute atomic E-state index is 12.0. The first kappa shape index (κ1) is 16.9. The fraction of sp³-hybridized carbons (Fsp3) is 0.846. The van der Waals surface area contributed by atoms with Gasteiger partial charge in [0.15, 0.2) is 0 Å². The molecule has 0 rings (SSSR count). The van der Waals surface area contributed by atoms with Crippen LogP contribution in [0.2, 0.25) is 0 Å². The molecule has 0 unspecified atom stereocenters. The molecule has 0 spiro atoms. The lowest BCUT2D eigenvalue weighted by Crippen LogP contribution is -2.46. The zero-order chi connectivity index (χ0) is 14.2. The van der Waals surface area contributed by atoms with Crippen LogP contribution in [0, 0.1) is 0 Å². The quantitative estimate of drug-likeness (QED) is 0.676. The monoisotopic (exact) mass is 259 g/mol. The van der Waals surface area contributed by atoms with Gasteiger partial charge < -0.3 is 14.7 Å². The second kappa shape index (κ2) is 8.08. The minimum atomic E-state index is -0.890. The topological polar surface area (TPSA) is 66.8 Å². The lowest BCUT2D eigenvalue weighted by molar-refractivity contribution is -0.141. The van der Waals surface area contributed by atoms with E-state index in [-0.39, 0.29) is 24.4 Å². The van der Waals surface area contributed by atoms with Crippen molar-refractivity contribution in [2.24, 2.45) is 0 Å². The highest BCUT2D eigenvalue weighted by Crippen LogP contribution is 2.15. The van der Waals surface area contributed by atoms with Gasteiger partial charge in [0.1, 0.15) is 0 Å². The van der Waals surface area contributed by atoms with Crippen LogP contribution in [0.5, 0.6) is 0 Å². The molecule has 0 bridgehead atoms. The molecule has 1 N–H and O–H groups in total. The van der Waals surface area contributed by atoms with E-state index in [1.54, 1.807) is 4.90 Å². The number of hydrogen-bond donors (Lipinski definition) is 1. The van der Waals surface area contributed by atoms with Gasteiger partial charge in [-0.2, -0.15) is 0 Å². The molecule has 106 valence electrons. The van der Waals surface area contributed by atoms with Crippen molar-refractivity contribution in [1.29, 1.82) is 0 Å². The van der Waals surface area contributed by atoms with Crippen molar-refractivity contribution >= 4 is 11.9 Å². The maximum Gasteiger partial charge on any atom is 0.305 e. The van der Waals surface area contributed by atoms with Crippen molar-refractivity contribution in [2.75, 3.05) is 19.8 Å². The lowest BCUT2D eigenvalue weighted by atomic mass is 10.0. The summed E-state index contributed by atoms with van der Waals surface area (Å²) in [6.07, 6.45) is 1.20. The lowest BCUT2D eigenvalue weighted by Gasteiger charge is -2.35. The first-order chi connectivity index (χ1) is 8.29. The summed E-state index contributed by atoms with van der Waals surface area (Å²) in [5.41, 5.74) is -0.364. The Labute approximate surface area is 109 Å². The van der Waals surface area contributed by atoms with Gasteiger partial charge in [0.25, 0.3) is 0 Å². The number of ether oxygens (including phenoxy) is 1. The molecule has 0 saturated carbocycles. The summed E-state index contributed by atoms with van der Waals surface area (Å²) in [6, 6.07) is 0. The molecule has 0 aliphatic heterocycles. The van der Waals surface area contributed by atoms with E-state index in [4.69, 9.17) is 9.84 Å². The van der Waals surface area contributed by atoms with Gasteiger partial charge in [-0.3, -0.25) is 9.59 Å². The average Bonchev–Trinajstić information content (AvgIpc) is 2.22. The molecule has 0 aromatic heterocycles. The molecule has 1 amide bonds. The number of amides is 1. The Morgan fingerprint density at radius 2 is 1.78 bits per heavy atom. The van der Waals surface area contributed by atoms with Crippen molar-refractivity contribution in [1.82, 2.24) is 4.90 Å². The molecule has 0 saturated heterocycles. The van der Waals surface area contributed by atoms with Crippen LogP contribution in [0.25, 0.3) is 0 Å². The highest BCUT2D eigenvalue weighted by molar-refractivity contribution is 5.77. The van der Waals surface area contributed by atoms with E-state index in [1.807, 2.05) is 27.7 Å². The van der Waals surface area contributed by atoms with Gasteiger partial charge in [-0.05, 0) is 27.2 Å². The van der Waals surface area contributed by atoms with Crippen molar-refractivity contribution in [3.63, 3.8) is 0 Å².